The molecule has 0 aromatic carbocycles. The van der Waals surface area contributed by atoms with Gasteiger partial charge in [0.2, 0.25) is 0 Å². The van der Waals surface area contributed by atoms with Crippen LogP contribution in [0.1, 0.15) is 45.6 Å². The first-order valence-corrected chi connectivity index (χ1v) is 7.95. The first-order valence-electron chi connectivity index (χ1n) is 7.95. The molecule has 1 aliphatic carbocycles. The third-order valence-electron chi connectivity index (χ3n) is 4.29. The van der Waals surface area contributed by atoms with Crippen LogP contribution in [0.5, 0.6) is 0 Å². The summed E-state index contributed by atoms with van der Waals surface area (Å²) in [5.74, 6) is 1.62. The largest absolute Gasteiger partial charge is 0.313 e. The summed E-state index contributed by atoms with van der Waals surface area (Å²) < 4.78 is 0. The number of hydrogen-bond donors (Lipinski definition) is 1. The highest BCUT2D eigenvalue weighted by molar-refractivity contribution is 5.71. The molecule has 112 valence electrons. The molecular formula is C18H25N3. The lowest BCUT2D eigenvalue weighted by Gasteiger charge is -2.25. The molecule has 1 aromatic rings. The Kier molecular flexibility index (Phi) is 3.94. The normalized spacial score (nSPS) is 26.0. The van der Waals surface area contributed by atoms with Crippen LogP contribution in [0.25, 0.3) is 5.57 Å². The van der Waals surface area contributed by atoms with Gasteiger partial charge < -0.3 is 5.32 Å². The van der Waals surface area contributed by atoms with E-state index >= 15 is 0 Å². The van der Waals surface area contributed by atoms with Gasteiger partial charge in [-0.3, -0.25) is 0 Å². The van der Waals surface area contributed by atoms with Crippen LogP contribution in [-0.2, 0) is 0 Å². The van der Waals surface area contributed by atoms with Gasteiger partial charge in [0.05, 0.1) is 0 Å². The van der Waals surface area contributed by atoms with Gasteiger partial charge >= 0.3 is 0 Å². The van der Waals surface area contributed by atoms with Crippen LogP contribution >= 0.6 is 0 Å². The molecule has 21 heavy (non-hydrogen) atoms. The Bertz CT molecular complexity index is 566. The number of aliphatic imine (C=N–C) groups is 1. The SMILES string of the molecule is CC(C)(C)C=Nc1cc(C2=CC[C@@H]3NCC[C@@H]3C2)ccn1. The summed E-state index contributed by atoms with van der Waals surface area (Å²) in [6, 6.07) is 4.94. The molecule has 0 spiro atoms. The van der Waals surface area contributed by atoms with Crippen molar-refractivity contribution in [3.05, 3.63) is 30.0 Å². The highest BCUT2D eigenvalue weighted by atomic mass is 15.0. The Labute approximate surface area is 127 Å². The van der Waals surface area contributed by atoms with Gasteiger partial charge in [-0.1, -0.05) is 26.8 Å². The summed E-state index contributed by atoms with van der Waals surface area (Å²) >= 11 is 0. The van der Waals surface area contributed by atoms with Crippen LogP contribution in [0, 0.1) is 11.3 Å². The quantitative estimate of drug-likeness (QED) is 0.833. The highest BCUT2D eigenvalue weighted by Gasteiger charge is 2.29. The fourth-order valence-electron chi connectivity index (χ4n) is 3.16. The Balaban J connectivity index is 1.78. The first-order chi connectivity index (χ1) is 10.0. The zero-order chi connectivity index (χ0) is 14.9. The molecule has 3 rings (SSSR count). The fourth-order valence-corrected chi connectivity index (χ4v) is 3.16. The predicted molar refractivity (Wildman–Crippen MR) is 89.0 cm³/mol. The van der Waals surface area contributed by atoms with Gasteiger partial charge in [0.1, 0.15) is 0 Å². The van der Waals surface area contributed by atoms with Gasteiger partial charge in [-0.25, -0.2) is 9.98 Å². The lowest BCUT2D eigenvalue weighted by atomic mass is 9.83. The van der Waals surface area contributed by atoms with Crippen LogP contribution in [0.15, 0.2) is 29.4 Å². The average molecular weight is 283 g/mol. The molecule has 2 heterocycles. The molecule has 1 saturated heterocycles. The number of nitrogens with one attached hydrogen (secondary N) is 1. The standard InChI is InChI=1S/C18H25N3/c1-18(2,3)12-21-17-11-14(6-9-20-17)13-4-5-16-15(10-13)7-8-19-16/h4,6,9,11-12,15-16,19H,5,7-8,10H2,1-3H3/t15-,16+/m1/s1. The van der Waals surface area contributed by atoms with Crippen LogP contribution in [0.3, 0.4) is 0 Å². The van der Waals surface area contributed by atoms with E-state index in [1.807, 2.05) is 12.4 Å². The van der Waals surface area contributed by atoms with Crippen LogP contribution < -0.4 is 5.32 Å². The van der Waals surface area contributed by atoms with Crippen LogP contribution in [0.4, 0.5) is 5.82 Å². The van der Waals surface area contributed by atoms with Crippen LogP contribution in [-0.4, -0.2) is 23.8 Å². The Morgan fingerprint density at radius 3 is 3.05 bits per heavy atom. The lowest BCUT2D eigenvalue weighted by molar-refractivity contribution is 0.445. The summed E-state index contributed by atoms with van der Waals surface area (Å²) in [5, 5.41) is 3.60. The van der Waals surface area contributed by atoms with Crippen molar-refractivity contribution in [3.63, 3.8) is 0 Å². The van der Waals surface area contributed by atoms with Crippen molar-refractivity contribution in [3.8, 4) is 0 Å². The molecule has 0 amide bonds. The highest BCUT2D eigenvalue weighted by Crippen LogP contribution is 2.35. The van der Waals surface area contributed by atoms with Gasteiger partial charge in [-0.15, -0.1) is 0 Å². The van der Waals surface area contributed by atoms with Crippen LogP contribution in [0.2, 0.25) is 0 Å². The molecule has 2 aliphatic rings. The summed E-state index contributed by atoms with van der Waals surface area (Å²) in [6.07, 6.45) is 9.90. The van der Waals surface area contributed by atoms with E-state index < -0.39 is 0 Å². The molecule has 0 saturated carbocycles. The smallest absolute Gasteiger partial charge is 0.151 e. The number of aromatic nitrogens is 1. The summed E-state index contributed by atoms with van der Waals surface area (Å²) in [6.45, 7) is 7.62. The molecule has 0 radical (unpaired) electrons. The first kappa shape index (κ1) is 14.5. The Morgan fingerprint density at radius 1 is 1.38 bits per heavy atom. The molecule has 3 heteroatoms. The molecule has 3 nitrogen and oxygen atoms in total. The van der Waals surface area contributed by atoms with Gasteiger partial charge in [0.25, 0.3) is 0 Å². The van der Waals surface area contributed by atoms with E-state index in [1.165, 1.54) is 30.5 Å². The molecule has 1 aromatic heterocycles. The maximum Gasteiger partial charge on any atom is 0.151 e. The monoisotopic (exact) mass is 283 g/mol. The van der Waals surface area contributed by atoms with Crippen molar-refractivity contribution in [1.82, 2.24) is 10.3 Å². The van der Waals surface area contributed by atoms with E-state index in [4.69, 9.17) is 0 Å². The van der Waals surface area contributed by atoms with Crippen molar-refractivity contribution in [1.29, 1.82) is 0 Å². The van der Waals surface area contributed by atoms with Gasteiger partial charge in [-0.2, -0.15) is 0 Å². The zero-order valence-electron chi connectivity index (χ0n) is 13.3. The third kappa shape index (κ3) is 3.59. The number of rotatable bonds is 2. The van der Waals surface area contributed by atoms with E-state index in [2.05, 4.69) is 54.3 Å². The number of nitrogens with zero attached hydrogens (tertiary/aromatic N) is 2. The maximum atomic E-state index is 4.52. The molecule has 0 bridgehead atoms. The topological polar surface area (TPSA) is 37.3 Å². The number of allylic oxidation sites excluding steroid dienone is 1. The predicted octanol–water partition coefficient (Wildman–Crippen LogP) is 3.99. The summed E-state index contributed by atoms with van der Waals surface area (Å²) in [7, 11) is 0. The molecule has 2 atom stereocenters. The number of fused-ring (bicyclic) bond motifs is 1. The minimum Gasteiger partial charge on any atom is -0.313 e. The summed E-state index contributed by atoms with van der Waals surface area (Å²) in [5.41, 5.74) is 2.84. The van der Waals surface area contributed by atoms with Crippen molar-refractivity contribution < 1.29 is 0 Å². The van der Waals surface area contributed by atoms with E-state index in [0.717, 1.165) is 18.2 Å². The maximum absolute atomic E-state index is 4.52. The summed E-state index contributed by atoms with van der Waals surface area (Å²) in [4.78, 5) is 8.89. The second kappa shape index (κ2) is 5.72. The van der Waals surface area contributed by atoms with E-state index in [0.29, 0.717) is 6.04 Å². The second-order valence-corrected chi connectivity index (χ2v) is 7.31. The minimum atomic E-state index is 0.0878. The number of pyridine rings is 1. The molecular weight excluding hydrogens is 258 g/mol. The van der Waals surface area contributed by atoms with E-state index in [1.54, 1.807) is 0 Å². The molecule has 1 N–H and O–H groups in total. The zero-order valence-corrected chi connectivity index (χ0v) is 13.3. The lowest BCUT2D eigenvalue weighted by Crippen LogP contribution is -2.28. The number of hydrogen-bond acceptors (Lipinski definition) is 3. The third-order valence-corrected chi connectivity index (χ3v) is 4.29. The minimum absolute atomic E-state index is 0.0878. The Hall–Kier alpha value is -1.48. The van der Waals surface area contributed by atoms with Gasteiger partial charge in [0, 0.05) is 18.5 Å². The van der Waals surface area contributed by atoms with E-state index in [9.17, 15) is 0 Å². The Morgan fingerprint density at radius 2 is 2.24 bits per heavy atom. The van der Waals surface area contributed by atoms with Gasteiger partial charge in [0.15, 0.2) is 5.82 Å². The fraction of sp³-hybridized carbons (Fsp3) is 0.556. The van der Waals surface area contributed by atoms with Gasteiger partial charge in [-0.05, 0) is 60.4 Å². The van der Waals surface area contributed by atoms with Crippen molar-refractivity contribution >= 4 is 17.6 Å². The van der Waals surface area contributed by atoms with Crippen molar-refractivity contribution in [2.45, 2.75) is 46.1 Å². The molecule has 1 aliphatic heterocycles. The van der Waals surface area contributed by atoms with E-state index in [-0.39, 0.29) is 5.41 Å². The van der Waals surface area contributed by atoms with Crippen molar-refractivity contribution in [2.24, 2.45) is 16.3 Å². The molecule has 1 fully saturated rings. The second-order valence-electron chi connectivity index (χ2n) is 7.31. The molecule has 0 unspecified atom stereocenters. The average Bonchev–Trinajstić information content (AvgIpc) is 2.92. The van der Waals surface area contributed by atoms with Crippen molar-refractivity contribution in [2.75, 3.05) is 6.54 Å².